The smallest absolute Gasteiger partial charge is 0.506 e. The Bertz CT molecular complexity index is 1230. The Labute approximate surface area is 262 Å². The van der Waals surface area contributed by atoms with Crippen LogP contribution < -0.4 is 0 Å². The molecular formula is C36H44O2STi. The van der Waals surface area contributed by atoms with Crippen LogP contribution in [-0.2, 0) is 32.5 Å². The van der Waals surface area contributed by atoms with Gasteiger partial charge in [-0.3, -0.25) is 0 Å². The molecule has 2 nitrogen and oxygen atoms in total. The Balaban J connectivity index is 0.000000432. The first-order valence-corrected chi connectivity index (χ1v) is 14.0. The number of aryl methyl sites for hydroxylation is 2. The molecule has 0 aliphatic carbocycles. The van der Waals surface area contributed by atoms with Crippen LogP contribution in [0.2, 0.25) is 0 Å². The molecule has 0 heterocycles. The van der Waals surface area contributed by atoms with E-state index in [1.165, 1.54) is 11.8 Å². The summed E-state index contributed by atoms with van der Waals surface area (Å²) in [6, 6.07) is 27.8. The molecule has 0 saturated heterocycles. The number of benzene rings is 4. The maximum atomic E-state index is 10.8. The van der Waals surface area contributed by atoms with Crippen molar-refractivity contribution < 1.29 is 31.9 Å². The van der Waals surface area contributed by atoms with Gasteiger partial charge in [0.1, 0.15) is 11.5 Å². The fraction of sp³-hybridized carbons (Fsp3) is 0.278. The van der Waals surface area contributed by atoms with Gasteiger partial charge in [-0.1, -0.05) is 77.6 Å². The van der Waals surface area contributed by atoms with Gasteiger partial charge in [0.05, 0.1) is 9.79 Å². The Morgan fingerprint density at radius 1 is 0.550 bits per heavy atom. The van der Waals surface area contributed by atoms with Crippen LogP contribution in [0.4, 0.5) is 0 Å². The molecule has 0 aliphatic heterocycles. The van der Waals surface area contributed by atoms with E-state index in [9.17, 15) is 10.2 Å². The van der Waals surface area contributed by atoms with E-state index in [2.05, 4.69) is 55.4 Å². The van der Waals surface area contributed by atoms with E-state index in [1.807, 2.05) is 98.8 Å². The van der Waals surface area contributed by atoms with Crippen molar-refractivity contribution in [2.24, 2.45) is 0 Å². The predicted octanol–water partition coefficient (Wildman–Crippen LogP) is 10.2. The maximum Gasteiger partial charge on any atom is 2.00 e. The van der Waals surface area contributed by atoms with E-state index in [-0.39, 0.29) is 32.5 Å². The molecule has 0 bridgehead atoms. The van der Waals surface area contributed by atoms with Crippen molar-refractivity contribution in [3.8, 4) is 11.5 Å². The van der Waals surface area contributed by atoms with Gasteiger partial charge < -0.3 is 10.2 Å². The summed E-state index contributed by atoms with van der Waals surface area (Å²) >= 11 is 1.43. The van der Waals surface area contributed by atoms with Crippen LogP contribution in [0.1, 0.15) is 74.9 Å². The number of rotatable bonds is 2. The Morgan fingerprint density at radius 2 is 0.850 bits per heavy atom. The fourth-order valence-electron chi connectivity index (χ4n) is 3.86. The minimum atomic E-state index is -0.142. The van der Waals surface area contributed by atoms with Crippen molar-refractivity contribution in [2.75, 3.05) is 0 Å². The largest absolute Gasteiger partial charge is 2.00 e. The number of hydrogen-bond donors (Lipinski definition) is 2. The summed E-state index contributed by atoms with van der Waals surface area (Å²) in [5.41, 5.74) is 5.93. The summed E-state index contributed by atoms with van der Waals surface area (Å²) < 4.78 is 0. The summed E-state index contributed by atoms with van der Waals surface area (Å²) in [7, 11) is 0. The van der Waals surface area contributed by atoms with Crippen LogP contribution in [0.5, 0.6) is 11.5 Å². The zero-order valence-corrected chi connectivity index (χ0v) is 27.7. The third-order valence-corrected chi connectivity index (χ3v) is 7.02. The zero-order valence-electron chi connectivity index (χ0n) is 25.3. The molecule has 4 aromatic rings. The van der Waals surface area contributed by atoms with Gasteiger partial charge >= 0.3 is 21.7 Å². The second-order valence-electron chi connectivity index (χ2n) is 11.9. The quantitative estimate of drug-likeness (QED) is 0.181. The van der Waals surface area contributed by atoms with Crippen LogP contribution in [0.3, 0.4) is 0 Å². The average molecular weight is 589 g/mol. The second kappa shape index (κ2) is 15.3. The van der Waals surface area contributed by atoms with Gasteiger partial charge in [-0.2, -0.15) is 49.2 Å². The summed E-state index contributed by atoms with van der Waals surface area (Å²) in [5.74, 6) is 0.614. The van der Waals surface area contributed by atoms with Gasteiger partial charge in [0.2, 0.25) is 0 Å². The molecule has 0 aromatic heterocycles. The first kappa shape index (κ1) is 35.3. The molecule has 210 valence electrons. The minimum Gasteiger partial charge on any atom is -0.506 e. The maximum absolute atomic E-state index is 10.8. The molecule has 0 unspecified atom stereocenters. The summed E-state index contributed by atoms with van der Waals surface area (Å²) in [4.78, 5) is 1.57. The molecule has 0 aliphatic rings. The molecule has 0 saturated carbocycles. The molecule has 0 radical (unpaired) electrons. The first-order valence-electron chi connectivity index (χ1n) is 13.2. The van der Waals surface area contributed by atoms with E-state index >= 15 is 0 Å². The van der Waals surface area contributed by atoms with E-state index in [4.69, 9.17) is 0 Å². The summed E-state index contributed by atoms with van der Waals surface area (Å²) in [6.45, 7) is 24.1. The van der Waals surface area contributed by atoms with Crippen LogP contribution in [-0.4, -0.2) is 10.2 Å². The van der Waals surface area contributed by atoms with E-state index in [0.717, 1.165) is 43.2 Å². The molecule has 0 fully saturated rings. The van der Waals surface area contributed by atoms with Crippen LogP contribution in [0, 0.1) is 27.7 Å². The number of aromatic hydroxyl groups is 2. The van der Waals surface area contributed by atoms with Gasteiger partial charge in [0, 0.05) is 11.1 Å². The fourth-order valence-corrected chi connectivity index (χ4v) is 5.00. The molecule has 0 atom stereocenters. The van der Waals surface area contributed by atoms with Crippen molar-refractivity contribution in [2.45, 2.75) is 76.0 Å². The van der Waals surface area contributed by atoms with Gasteiger partial charge in [0.25, 0.3) is 0 Å². The number of phenolic OH excluding ortho intramolecular Hbond substituents is 2. The van der Waals surface area contributed by atoms with Crippen LogP contribution in [0.15, 0.2) is 94.7 Å². The number of phenols is 2. The Morgan fingerprint density at radius 3 is 1.07 bits per heavy atom. The van der Waals surface area contributed by atoms with E-state index in [0.29, 0.717) is 11.5 Å². The molecule has 4 heteroatoms. The van der Waals surface area contributed by atoms with Crippen LogP contribution in [0.25, 0.3) is 0 Å². The van der Waals surface area contributed by atoms with Gasteiger partial charge in [-0.25, -0.2) is 0 Å². The predicted molar refractivity (Wildman–Crippen MR) is 169 cm³/mol. The molecule has 2 N–H and O–H groups in total. The summed E-state index contributed by atoms with van der Waals surface area (Å²) in [5, 5.41) is 21.6. The normalized spacial score (nSPS) is 10.8. The van der Waals surface area contributed by atoms with Gasteiger partial charge in [-0.05, 0) is 47.9 Å². The molecule has 0 amide bonds. The average Bonchev–Trinajstić information content (AvgIpc) is 2.83. The van der Waals surface area contributed by atoms with E-state index in [1.54, 1.807) is 0 Å². The molecule has 4 aromatic carbocycles. The molecule has 0 spiro atoms. The Kier molecular flexibility index (Phi) is 13.5. The zero-order chi connectivity index (χ0) is 29.4. The van der Waals surface area contributed by atoms with E-state index < -0.39 is 0 Å². The van der Waals surface area contributed by atoms with Crippen molar-refractivity contribution in [3.63, 3.8) is 0 Å². The van der Waals surface area contributed by atoms with Crippen molar-refractivity contribution >= 4 is 11.8 Å². The van der Waals surface area contributed by atoms with Gasteiger partial charge in [-0.15, -0.1) is 24.3 Å². The molecule has 4 rings (SSSR count). The van der Waals surface area contributed by atoms with Crippen LogP contribution >= 0.6 is 11.8 Å². The van der Waals surface area contributed by atoms with Crippen molar-refractivity contribution in [3.05, 3.63) is 132 Å². The SMILES string of the molecule is Cc1cc(Sc2cc(C)cc(C(C)(C)C)c2O)c(O)c(C(C)(C)C)c1.[CH2-]c1ccccc1.[CH2-]c1ccccc1.[Ti+2]. The second-order valence-corrected chi connectivity index (χ2v) is 13.0. The van der Waals surface area contributed by atoms with Crippen molar-refractivity contribution in [1.29, 1.82) is 0 Å². The topological polar surface area (TPSA) is 40.5 Å². The number of hydrogen-bond acceptors (Lipinski definition) is 3. The first-order chi connectivity index (χ1) is 18.1. The van der Waals surface area contributed by atoms with Crippen molar-refractivity contribution in [1.82, 2.24) is 0 Å². The third kappa shape index (κ3) is 11.0. The molecular weight excluding hydrogens is 544 g/mol. The Hall–Kier alpha value is -2.72. The molecule has 40 heavy (non-hydrogen) atoms. The monoisotopic (exact) mass is 588 g/mol. The summed E-state index contributed by atoms with van der Waals surface area (Å²) in [6.07, 6.45) is 0. The standard InChI is InChI=1S/C22H30O2S.2C7H7.Ti/c1-13-9-15(21(3,4)5)19(23)17(11-13)25-18-12-14(2)10-16(20(18)24)22(6,7)8;2*1-7-5-3-2-4-6-7;/h9-12,23-24H,1-8H3;2*2-6H,1H2;/q;2*-1;+2. The third-order valence-electron chi connectivity index (χ3n) is 5.96. The minimum absolute atomic E-state index is 0. The van der Waals surface area contributed by atoms with Gasteiger partial charge in [0.15, 0.2) is 0 Å².